The molecule has 0 atom stereocenters. The van der Waals surface area contributed by atoms with Gasteiger partial charge in [-0.1, -0.05) is 72.8 Å². The minimum atomic E-state index is -10.7. The van der Waals surface area contributed by atoms with Gasteiger partial charge < -0.3 is 9.64 Å². The summed E-state index contributed by atoms with van der Waals surface area (Å²) in [6, 6.07) is 40.5. The zero-order chi connectivity index (χ0) is 46.1. The zero-order valence-corrected chi connectivity index (χ0v) is 35.3. The molecule has 5 nitrogen and oxygen atoms in total. The van der Waals surface area contributed by atoms with Gasteiger partial charge in [-0.2, -0.15) is 14.4 Å². The average molecular weight is 913 g/mol. The van der Waals surface area contributed by atoms with Crippen molar-refractivity contribution in [3.63, 3.8) is 0 Å². The van der Waals surface area contributed by atoms with E-state index in [2.05, 4.69) is 167 Å². The summed E-state index contributed by atoms with van der Waals surface area (Å²) in [7, 11) is -21.3. The third-order valence-electron chi connectivity index (χ3n) is 7.59. The van der Waals surface area contributed by atoms with Crippen LogP contribution in [0.5, 0.6) is 0 Å². The number of nitriles is 1. The van der Waals surface area contributed by atoms with Gasteiger partial charge in [0.15, 0.2) is 25.5 Å². The summed E-state index contributed by atoms with van der Waals surface area (Å²) >= 11 is 0. The monoisotopic (exact) mass is 912 g/mol. The first-order valence-electron chi connectivity index (χ1n) is 18.4. The molecule has 0 spiro atoms. The van der Waals surface area contributed by atoms with Gasteiger partial charge >= 0.3 is 66.0 Å². The Bertz CT molecular complexity index is 2160. The number of anilines is 3. The molecule has 334 valence electrons. The maximum absolute atomic E-state index is 10.7. The van der Waals surface area contributed by atoms with Crippen molar-refractivity contribution in [2.75, 3.05) is 18.1 Å². The first-order chi connectivity index (χ1) is 28.0. The number of para-hydroxylation sites is 2. The fourth-order valence-corrected chi connectivity index (χ4v) is 5.40. The minimum absolute atomic E-state index is 0.844. The molecule has 2 aromatic heterocycles. The first-order valence-corrected chi connectivity index (χ1v) is 22.4. The van der Waals surface area contributed by atoms with Crippen molar-refractivity contribution < 1.29 is 64.2 Å². The molecule has 0 aliphatic carbocycles. The number of halogens is 12. The molecule has 3 aromatic carbocycles. The van der Waals surface area contributed by atoms with Crippen LogP contribution >= 0.6 is 15.6 Å². The number of rotatable bonds is 8. The van der Waals surface area contributed by atoms with Crippen LogP contribution in [-0.2, 0) is 17.8 Å². The van der Waals surface area contributed by atoms with Gasteiger partial charge in [0, 0.05) is 61.5 Å². The van der Waals surface area contributed by atoms with Crippen LogP contribution in [-0.4, -0.2) is 13.2 Å². The summed E-state index contributed by atoms with van der Waals surface area (Å²) in [5, 5.41) is 7.32. The Morgan fingerprint density at radius 3 is 1.38 bits per heavy atom. The Morgan fingerprint density at radius 1 is 0.590 bits per heavy atom. The van der Waals surface area contributed by atoms with Gasteiger partial charge in [0.25, 0.3) is 11.4 Å². The van der Waals surface area contributed by atoms with Crippen molar-refractivity contribution in [3.05, 3.63) is 150 Å². The molecule has 61 heavy (non-hydrogen) atoms. The molecule has 5 aromatic rings. The molecule has 19 heteroatoms. The van der Waals surface area contributed by atoms with Gasteiger partial charge in [0.05, 0.1) is 12.5 Å². The average Bonchev–Trinajstić information content (AvgIpc) is 3.32. The molecule has 0 radical (unpaired) electrons. The van der Waals surface area contributed by atoms with E-state index in [-0.39, 0.29) is 0 Å². The summed E-state index contributed by atoms with van der Waals surface area (Å²) in [5.74, 6) is 0. The van der Waals surface area contributed by atoms with E-state index in [4.69, 9.17) is 10.00 Å². The number of pyridine rings is 2. The molecule has 0 unspecified atom stereocenters. The number of aromatic nitrogens is 2. The molecule has 0 saturated heterocycles. The SMILES string of the molecule is CC#N.CCOCC.Cc1cc[n+]2c(c1)-c1cc(/C=C/C=C/c3ccc(N(c4ccccc4)c4ccccc4)cc3)cc[n+]1CCC2.F[P-](F)(F)(F)(F)F.F[P-](F)(F)(F)(F)F. The van der Waals surface area contributed by atoms with Crippen LogP contribution in [0.3, 0.4) is 0 Å². The standard InChI is InChI=1S/C36H33N3.C4H10O.C2H3N.2F6P/c1-29-21-25-37-23-10-24-38-26-22-31(28-36(38)35(37)27-29)12-9-8-11-30-17-19-34(20-18-30)39(32-13-4-2-5-14-32)33-15-6-3-7-16-33;1-3-5-4-2;1-2-3;2*1-7(2,3,4,5)6/h2-9,11-22,25-28H,10,23-24H2,1H3;3-4H2,1-2H3;1H3;;/q+2;;;2*-1. The molecule has 0 amide bonds. The molecule has 3 heterocycles. The van der Waals surface area contributed by atoms with Crippen LogP contribution in [0.15, 0.2) is 134 Å². The number of fused-ring (bicyclic) bond motifs is 3. The predicted molar refractivity (Wildman–Crippen MR) is 221 cm³/mol. The van der Waals surface area contributed by atoms with Crippen LogP contribution < -0.4 is 14.0 Å². The van der Waals surface area contributed by atoms with Crippen LogP contribution in [0.4, 0.5) is 67.4 Å². The van der Waals surface area contributed by atoms with E-state index in [1.54, 1.807) is 6.07 Å². The predicted octanol–water partition coefficient (Wildman–Crippen LogP) is 16.2. The molecule has 0 fully saturated rings. The Kier molecular flexibility index (Phi) is 17.0. The van der Waals surface area contributed by atoms with Gasteiger partial charge in [-0.3, -0.25) is 0 Å². The fraction of sp³-hybridized carbons (Fsp3) is 0.214. The molecule has 0 N–H and O–H groups in total. The summed E-state index contributed by atoms with van der Waals surface area (Å²) in [6.45, 7) is 11.4. The second-order valence-electron chi connectivity index (χ2n) is 12.9. The number of ether oxygens (including phenoxy) is 1. The molecular formula is C42H46F12N4OP2. The summed E-state index contributed by atoms with van der Waals surface area (Å²) in [4.78, 5) is 2.28. The van der Waals surface area contributed by atoms with Gasteiger partial charge in [-0.15, -0.1) is 0 Å². The van der Waals surface area contributed by atoms with E-state index in [9.17, 15) is 50.4 Å². The van der Waals surface area contributed by atoms with Crippen molar-refractivity contribution in [1.29, 1.82) is 5.26 Å². The molecular weight excluding hydrogens is 866 g/mol. The normalized spacial score (nSPS) is 14.3. The Hall–Kier alpha value is -5.29. The van der Waals surface area contributed by atoms with Crippen LogP contribution in [0, 0.1) is 18.3 Å². The third-order valence-corrected chi connectivity index (χ3v) is 7.59. The number of benzene rings is 3. The Morgan fingerprint density at radius 2 is 0.967 bits per heavy atom. The Labute approximate surface area is 346 Å². The van der Waals surface area contributed by atoms with E-state index >= 15 is 0 Å². The van der Waals surface area contributed by atoms with Crippen LogP contribution in [0.2, 0.25) is 0 Å². The van der Waals surface area contributed by atoms with Gasteiger partial charge in [-0.25, -0.2) is 0 Å². The first kappa shape index (κ1) is 51.8. The van der Waals surface area contributed by atoms with Gasteiger partial charge in [0.1, 0.15) is 0 Å². The maximum atomic E-state index is 9.87. The second kappa shape index (κ2) is 20.1. The second-order valence-corrected chi connectivity index (χ2v) is 16.7. The van der Waals surface area contributed by atoms with Crippen molar-refractivity contribution in [2.24, 2.45) is 0 Å². The van der Waals surface area contributed by atoms with Crippen molar-refractivity contribution >= 4 is 44.8 Å². The summed E-state index contributed by atoms with van der Waals surface area (Å²) < 4.78 is 128. The number of aryl methyl sites for hydroxylation is 3. The topological polar surface area (TPSA) is 44.0 Å². The van der Waals surface area contributed by atoms with Crippen LogP contribution in [0.1, 0.15) is 43.9 Å². The number of nitrogens with zero attached hydrogens (tertiary/aromatic N) is 4. The number of allylic oxidation sites excluding steroid dienone is 2. The summed E-state index contributed by atoms with van der Waals surface area (Å²) in [5.41, 5.74) is 9.66. The third kappa shape index (κ3) is 25.2. The van der Waals surface area contributed by atoms with E-state index in [1.807, 2.05) is 13.8 Å². The van der Waals surface area contributed by atoms with E-state index in [0.29, 0.717) is 0 Å². The number of hydrogen-bond donors (Lipinski definition) is 0. The number of hydrogen-bond acceptors (Lipinski definition) is 3. The van der Waals surface area contributed by atoms with E-state index in [0.717, 1.165) is 49.8 Å². The summed E-state index contributed by atoms with van der Waals surface area (Å²) in [6.07, 6.45) is 14.2. The molecule has 0 saturated carbocycles. The molecule has 1 aliphatic heterocycles. The Balaban J connectivity index is 0.000000481. The van der Waals surface area contributed by atoms with Gasteiger partial charge in [0.2, 0.25) is 0 Å². The van der Waals surface area contributed by atoms with Crippen molar-refractivity contribution in [3.8, 4) is 17.5 Å². The zero-order valence-electron chi connectivity index (χ0n) is 33.5. The molecule has 0 bridgehead atoms. The molecule has 6 rings (SSSR count). The van der Waals surface area contributed by atoms with Crippen molar-refractivity contribution in [1.82, 2.24) is 0 Å². The van der Waals surface area contributed by atoms with Gasteiger partial charge in [-0.05, 0) is 73.9 Å². The van der Waals surface area contributed by atoms with E-state index in [1.165, 1.54) is 35.0 Å². The van der Waals surface area contributed by atoms with Crippen molar-refractivity contribution in [2.45, 2.75) is 47.2 Å². The fourth-order valence-electron chi connectivity index (χ4n) is 5.40. The van der Waals surface area contributed by atoms with Crippen LogP contribution in [0.25, 0.3) is 23.5 Å². The molecule has 1 aliphatic rings. The van der Waals surface area contributed by atoms with E-state index < -0.39 is 15.6 Å². The quantitative estimate of drug-likeness (QED) is 0.0674.